The van der Waals surface area contributed by atoms with Crippen LogP contribution in [0.5, 0.6) is 0 Å². The molecule has 32 heavy (non-hydrogen) atoms. The van der Waals surface area contributed by atoms with Crippen LogP contribution in [0.1, 0.15) is 17.8 Å². The first-order valence-corrected chi connectivity index (χ1v) is 11.9. The number of halogens is 2. The quantitative estimate of drug-likeness (QED) is 0.478. The number of thiophene rings is 1. The van der Waals surface area contributed by atoms with Gasteiger partial charge in [-0.15, -0.1) is 11.3 Å². The van der Waals surface area contributed by atoms with Crippen LogP contribution in [0, 0.1) is 11.6 Å². The van der Waals surface area contributed by atoms with Crippen molar-refractivity contribution in [1.82, 2.24) is 10.2 Å². The Morgan fingerprint density at radius 2 is 1.69 bits per heavy atom. The molecule has 0 bridgehead atoms. The largest absolute Gasteiger partial charge is 0.367 e. The number of anilines is 2. The Labute approximate surface area is 196 Å². The lowest BCUT2D eigenvalue weighted by Crippen LogP contribution is -2.52. The van der Waals surface area contributed by atoms with Crippen LogP contribution in [0.15, 0.2) is 66.0 Å². The van der Waals surface area contributed by atoms with Crippen LogP contribution in [0.4, 0.5) is 20.2 Å². The van der Waals surface area contributed by atoms with Crippen LogP contribution in [-0.4, -0.2) is 42.2 Å². The second kappa shape index (κ2) is 10.4. The molecule has 1 fully saturated rings. The molecule has 2 aromatic carbocycles. The van der Waals surface area contributed by atoms with Gasteiger partial charge in [0, 0.05) is 42.8 Å². The van der Waals surface area contributed by atoms with Gasteiger partial charge in [0.25, 0.3) is 0 Å². The summed E-state index contributed by atoms with van der Waals surface area (Å²) in [5.74, 6) is -0.460. The van der Waals surface area contributed by atoms with E-state index < -0.39 is 0 Å². The van der Waals surface area contributed by atoms with Crippen LogP contribution in [0.25, 0.3) is 0 Å². The molecule has 2 atom stereocenters. The van der Waals surface area contributed by atoms with Gasteiger partial charge in [0.15, 0.2) is 5.11 Å². The van der Waals surface area contributed by atoms with Crippen molar-refractivity contribution in [3.63, 3.8) is 0 Å². The van der Waals surface area contributed by atoms with E-state index >= 15 is 0 Å². The molecule has 0 unspecified atom stereocenters. The first kappa shape index (κ1) is 22.6. The molecular formula is C24H26F2N4S2. The molecule has 1 aliphatic rings. The Hall–Kier alpha value is -2.55. The second-order valence-electron chi connectivity index (χ2n) is 7.83. The molecule has 0 radical (unpaired) electrons. The minimum atomic E-state index is -0.282. The summed E-state index contributed by atoms with van der Waals surface area (Å²) in [7, 11) is 0. The molecule has 0 amide bonds. The zero-order valence-electron chi connectivity index (χ0n) is 17.8. The van der Waals surface area contributed by atoms with Crippen LogP contribution < -0.4 is 15.5 Å². The van der Waals surface area contributed by atoms with Crippen molar-refractivity contribution >= 4 is 40.0 Å². The fourth-order valence-corrected chi connectivity index (χ4v) is 5.41. The number of nitrogens with one attached hydrogen (secondary N) is 2. The van der Waals surface area contributed by atoms with E-state index in [9.17, 15) is 8.78 Å². The molecule has 2 heterocycles. The van der Waals surface area contributed by atoms with Crippen molar-refractivity contribution < 1.29 is 8.78 Å². The Morgan fingerprint density at radius 3 is 2.34 bits per heavy atom. The van der Waals surface area contributed by atoms with Gasteiger partial charge in [-0.25, -0.2) is 8.78 Å². The van der Waals surface area contributed by atoms with E-state index in [1.807, 2.05) is 12.1 Å². The Kier molecular flexibility index (Phi) is 7.34. The van der Waals surface area contributed by atoms with Crippen LogP contribution in [0.2, 0.25) is 0 Å². The van der Waals surface area contributed by atoms with E-state index in [1.54, 1.807) is 29.5 Å². The van der Waals surface area contributed by atoms with E-state index in [0.29, 0.717) is 10.8 Å². The lowest BCUT2D eigenvalue weighted by Gasteiger charge is -2.42. The molecule has 4 nitrogen and oxygen atoms in total. The smallest absolute Gasteiger partial charge is 0.171 e. The maximum Gasteiger partial charge on any atom is 0.171 e. The molecule has 4 rings (SSSR count). The molecule has 1 aliphatic heterocycles. The Balaban J connectivity index is 1.42. The highest BCUT2D eigenvalue weighted by molar-refractivity contribution is 7.80. The normalized spacial score (nSPS) is 16.4. The van der Waals surface area contributed by atoms with Gasteiger partial charge >= 0.3 is 0 Å². The number of piperazine rings is 1. The zero-order valence-corrected chi connectivity index (χ0v) is 19.4. The standard InChI is InChI=1S/C24H26F2N4S2/c1-17(27-24(31)28-19-10-8-18(25)9-11-19)23(22-7-4-16-32-22)30-14-12-29(13-15-30)21-6-3-2-5-20(21)26/h2-11,16-17,23H,12-15H2,1H3,(H2,27,28,31)/t17-,23-/m1/s1. The molecule has 168 valence electrons. The van der Waals surface area contributed by atoms with E-state index in [4.69, 9.17) is 12.2 Å². The monoisotopic (exact) mass is 472 g/mol. The zero-order chi connectivity index (χ0) is 22.5. The second-order valence-corrected chi connectivity index (χ2v) is 9.22. The highest BCUT2D eigenvalue weighted by Gasteiger charge is 2.31. The summed E-state index contributed by atoms with van der Waals surface area (Å²) in [5.41, 5.74) is 1.40. The third-order valence-corrected chi connectivity index (χ3v) is 6.83. The molecule has 1 aromatic heterocycles. The lowest BCUT2D eigenvalue weighted by molar-refractivity contribution is 0.163. The number of hydrogen-bond donors (Lipinski definition) is 2. The van der Waals surface area contributed by atoms with Crippen molar-refractivity contribution in [2.75, 3.05) is 36.4 Å². The summed E-state index contributed by atoms with van der Waals surface area (Å²) in [6.07, 6.45) is 0. The van der Waals surface area contributed by atoms with E-state index in [2.05, 4.69) is 44.9 Å². The minimum Gasteiger partial charge on any atom is -0.367 e. The molecule has 2 N–H and O–H groups in total. The molecular weight excluding hydrogens is 446 g/mol. The van der Waals surface area contributed by atoms with E-state index in [1.165, 1.54) is 23.1 Å². The number of rotatable bonds is 6. The number of thiocarbonyl (C=S) groups is 1. The Morgan fingerprint density at radius 1 is 0.969 bits per heavy atom. The summed E-state index contributed by atoms with van der Waals surface area (Å²) in [4.78, 5) is 5.80. The van der Waals surface area contributed by atoms with Gasteiger partial charge in [-0.3, -0.25) is 4.90 Å². The average molecular weight is 473 g/mol. The van der Waals surface area contributed by atoms with Gasteiger partial charge in [-0.1, -0.05) is 18.2 Å². The average Bonchev–Trinajstić information content (AvgIpc) is 3.31. The predicted octanol–water partition coefficient (Wildman–Crippen LogP) is 5.26. The number of hydrogen-bond acceptors (Lipinski definition) is 4. The van der Waals surface area contributed by atoms with Crippen LogP contribution in [0.3, 0.4) is 0 Å². The molecule has 0 saturated carbocycles. The predicted molar refractivity (Wildman–Crippen MR) is 132 cm³/mol. The van der Waals surface area contributed by atoms with Gasteiger partial charge in [-0.05, 0) is 67.0 Å². The summed E-state index contributed by atoms with van der Waals surface area (Å²) in [5, 5.41) is 9.10. The third-order valence-electron chi connectivity index (χ3n) is 5.67. The van der Waals surface area contributed by atoms with Crippen molar-refractivity contribution in [2.24, 2.45) is 0 Å². The van der Waals surface area contributed by atoms with Crippen LogP contribution >= 0.6 is 23.6 Å². The molecule has 0 spiro atoms. The molecule has 8 heteroatoms. The van der Waals surface area contributed by atoms with E-state index in [-0.39, 0.29) is 23.7 Å². The number of nitrogens with zero attached hydrogens (tertiary/aromatic N) is 2. The first-order valence-electron chi connectivity index (χ1n) is 10.6. The maximum atomic E-state index is 14.2. The number of para-hydroxylation sites is 1. The van der Waals surface area contributed by atoms with Crippen molar-refractivity contribution in [3.05, 3.63) is 82.6 Å². The Bertz CT molecular complexity index is 1020. The first-order chi connectivity index (χ1) is 15.5. The summed E-state index contributed by atoms with van der Waals surface area (Å²) < 4.78 is 27.4. The summed E-state index contributed by atoms with van der Waals surface area (Å²) >= 11 is 7.24. The molecule has 3 aromatic rings. The topological polar surface area (TPSA) is 30.5 Å². The van der Waals surface area contributed by atoms with Crippen molar-refractivity contribution in [2.45, 2.75) is 19.0 Å². The lowest BCUT2D eigenvalue weighted by atomic mass is 10.0. The van der Waals surface area contributed by atoms with Gasteiger partial charge < -0.3 is 15.5 Å². The van der Waals surface area contributed by atoms with Gasteiger partial charge in [0.1, 0.15) is 11.6 Å². The summed E-state index contributed by atoms with van der Waals surface area (Å²) in [6, 6.07) is 17.4. The summed E-state index contributed by atoms with van der Waals surface area (Å²) in [6.45, 7) is 5.27. The third kappa shape index (κ3) is 5.43. The van der Waals surface area contributed by atoms with Gasteiger partial charge in [0.2, 0.25) is 0 Å². The molecule has 1 saturated heterocycles. The van der Waals surface area contributed by atoms with Crippen molar-refractivity contribution in [3.8, 4) is 0 Å². The fourth-order valence-electron chi connectivity index (χ4n) is 4.14. The van der Waals surface area contributed by atoms with Crippen molar-refractivity contribution in [1.29, 1.82) is 0 Å². The highest BCUT2D eigenvalue weighted by atomic mass is 32.1. The SMILES string of the molecule is C[C@@H](NC(=S)Nc1ccc(F)cc1)[C@H](c1cccs1)N1CCN(c2ccccc2F)CC1. The highest BCUT2D eigenvalue weighted by Crippen LogP contribution is 2.30. The van der Waals surface area contributed by atoms with E-state index in [0.717, 1.165) is 31.9 Å². The van der Waals surface area contributed by atoms with Gasteiger partial charge in [0.05, 0.1) is 11.7 Å². The number of benzene rings is 2. The minimum absolute atomic E-state index is 0.0362. The maximum absolute atomic E-state index is 14.2. The molecule has 0 aliphatic carbocycles. The van der Waals surface area contributed by atoms with Crippen LogP contribution in [-0.2, 0) is 0 Å². The van der Waals surface area contributed by atoms with Gasteiger partial charge in [-0.2, -0.15) is 0 Å². The fraction of sp³-hybridized carbons (Fsp3) is 0.292.